The van der Waals surface area contributed by atoms with Gasteiger partial charge in [-0.1, -0.05) is 6.07 Å². The zero-order chi connectivity index (χ0) is 14.6. The van der Waals surface area contributed by atoms with Gasteiger partial charge < -0.3 is 16.4 Å². The van der Waals surface area contributed by atoms with E-state index in [1.807, 2.05) is 27.7 Å². The minimum Gasteiger partial charge on any atom is -0.398 e. The SMILES string of the molecule is Cc1ccc(C(=O)NCC(=O)NC(C)(C)C)cc1N. The van der Waals surface area contributed by atoms with Crippen molar-refractivity contribution >= 4 is 17.5 Å². The van der Waals surface area contributed by atoms with Gasteiger partial charge in [-0.3, -0.25) is 9.59 Å². The second-order valence-electron chi connectivity index (χ2n) is 5.55. The third kappa shape index (κ3) is 4.99. The number of hydrogen-bond acceptors (Lipinski definition) is 3. The van der Waals surface area contributed by atoms with Crippen LogP contribution in [-0.4, -0.2) is 23.9 Å². The smallest absolute Gasteiger partial charge is 0.251 e. The summed E-state index contributed by atoms with van der Waals surface area (Å²) in [5.41, 5.74) is 7.36. The van der Waals surface area contributed by atoms with Gasteiger partial charge in [0.1, 0.15) is 0 Å². The Kier molecular flexibility index (Phi) is 4.53. The molecule has 5 heteroatoms. The van der Waals surface area contributed by atoms with Crippen molar-refractivity contribution in [3.8, 4) is 0 Å². The largest absolute Gasteiger partial charge is 0.398 e. The van der Waals surface area contributed by atoms with Crippen LogP contribution in [0.4, 0.5) is 5.69 Å². The Morgan fingerprint density at radius 1 is 1.26 bits per heavy atom. The highest BCUT2D eigenvalue weighted by atomic mass is 16.2. The molecule has 0 unspecified atom stereocenters. The molecule has 0 spiro atoms. The number of amides is 2. The van der Waals surface area contributed by atoms with Crippen molar-refractivity contribution in [1.82, 2.24) is 10.6 Å². The zero-order valence-electron chi connectivity index (χ0n) is 11.8. The predicted molar refractivity (Wildman–Crippen MR) is 75.8 cm³/mol. The number of hydrogen-bond donors (Lipinski definition) is 3. The van der Waals surface area contributed by atoms with Crippen LogP contribution in [0.25, 0.3) is 0 Å². The molecular weight excluding hydrogens is 242 g/mol. The molecular formula is C14H21N3O2. The molecule has 2 amide bonds. The van der Waals surface area contributed by atoms with Crippen LogP contribution in [0.1, 0.15) is 36.7 Å². The lowest BCUT2D eigenvalue weighted by molar-refractivity contribution is -0.121. The van der Waals surface area contributed by atoms with Gasteiger partial charge in [-0.15, -0.1) is 0 Å². The van der Waals surface area contributed by atoms with Crippen LogP contribution in [-0.2, 0) is 4.79 Å². The van der Waals surface area contributed by atoms with Crippen molar-refractivity contribution < 1.29 is 9.59 Å². The van der Waals surface area contributed by atoms with Gasteiger partial charge >= 0.3 is 0 Å². The average Bonchev–Trinajstić information content (AvgIpc) is 2.27. The van der Waals surface area contributed by atoms with Crippen molar-refractivity contribution in [2.24, 2.45) is 0 Å². The lowest BCUT2D eigenvalue weighted by Gasteiger charge is -2.20. The summed E-state index contributed by atoms with van der Waals surface area (Å²) < 4.78 is 0. The molecule has 1 aromatic carbocycles. The fourth-order valence-electron chi connectivity index (χ4n) is 1.51. The summed E-state index contributed by atoms with van der Waals surface area (Å²) in [6.07, 6.45) is 0. The van der Waals surface area contributed by atoms with Crippen LogP contribution >= 0.6 is 0 Å². The molecule has 0 aliphatic rings. The zero-order valence-corrected chi connectivity index (χ0v) is 11.8. The third-order valence-electron chi connectivity index (χ3n) is 2.47. The number of carbonyl (C=O) groups excluding carboxylic acids is 2. The van der Waals surface area contributed by atoms with Gasteiger partial charge in [0.2, 0.25) is 5.91 Å². The van der Waals surface area contributed by atoms with Crippen molar-refractivity contribution in [2.45, 2.75) is 33.2 Å². The Bertz CT molecular complexity index is 490. The van der Waals surface area contributed by atoms with E-state index in [9.17, 15) is 9.59 Å². The quantitative estimate of drug-likeness (QED) is 0.717. The van der Waals surface area contributed by atoms with Crippen molar-refractivity contribution in [3.63, 3.8) is 0 Å². The molecule has 1 aromatic rings. The van der Waals surface area contributed by atoms with E-state index in [4.69, 9.17) is 5.73 Å². The molecule has 0 atom stereocenters. The van der Waals surface area contributed by atoms with E-state index >= 15 is 0 Å². The molecule has 5 nitrogen and oxygen atoms in total. The molecule has 0 saturated carbocycles. The standard InChI is InChI=1S/C14H21N3O2/c1-9-5-6-10(7-11(9)15)13(19)16-8-12(18)17-14(2,3)4/h5-7H,8,15H2,1-4H3,(H,16,19)(H,17,18). The molecule has 0 aliphatic heterocycles. The van der Waals surface area contributed by atoms with Crippen molar-refractivity contribution in [2.75, 3.05) is 12.3 Å². The van der Waals surface area contributed by atoms with Gasteiger partial charge in [-0.2, -0.15) is 0 Å². The first-order chi connectivity index (χ1) is 8.69. The van der Waals surface area contributed by atoms with Gasteiger partial charge in [0.25, 0.3) is 5.91 Å². The second kappa shape index (κ2) is 5.73. The molecule has 0 saturated heterocycles. The number of carbonyl (C=O) groups is 2. The van der Waals surface area contributed by atoms with E-state index in [2.05, 4.69) is 10.6 Å². The second-order valence-corrected chi connectivity index (χ2v) is 5.55. The number of aryl methyl sites for hydroxylation is 1. The number of benzene rings is 1. The number of rotatable bonds is 3. The summed E-state index contributed by atoms with van der Waals surface area (Å²) in [4.78, 5) is 23.4. The highest BCUT2D eigenvalue weighted by molar-refractivity contribution is 5.97. The lowest BCUT2D eigenvalue weighted by atomic mass is 10.1. The topological polar surface area (TPSA) is 84.2 Å². The Morgan fingerprint density at radius 3 is 2.42 bits per heavy atom. The first-order valence-corrected chi connectivity index (χ1v) is 6.14. The van der Waals surface area contributed by atoms with Gasteiger partial charge in [-0.05, 0) is 45.4 Å². The van der Waals surface area contributed by atoms with Crippen molar-refractivity contribution in [1.29, 1.82) is 0 Å². The average molecular weight is 263 g/mol. The molecule has 0 bridgehead atoms. The Hall–Kier alpha value is -2.04. The molecule has 104 valence electrons. The Balaban J connectivity index is 2.56. The maximum absolute atomic E-state index is 11.8. The third-order valence-corrected chi connectivity index (χ3v) is 2.47. The van der Waals surface area contributed by atoms with E-state index < -0.39 is 0 Å². The maximum atomic E-state index is 11.8. The molecule has 1 rings (SSSR count). The number of nitrogens with one attached hydrogen (secondary N) is 2. The predicted octanol–water partition coefficient (Wildman–Crippen LogP) is 1.22. The summed E-state index contributed by atoms with van der Waals surface area (Å²) in [6, 6.07) is 5.06. The van der Waals surface area contributed by atoms with Crippen LogP contribution in [0.5, 0.6) is 0 Å². The molecule has 0 heterocycles. The first-order valence-electron chi connectivity index (χ1n) is 6.14. The summed E-state index contributed by atoms with van der Waals surface area (Å²) >= 11 is 0. The fourth-order valence-corrected chi connectivity index (χ4v) is 1.51. The molecule has 19 heavy (non-hydrogen) atoms. The van der Waals surface area contributed by atoms with Gasteiger partial charge in [0.15, 0.2) is 0 Å². The van der Waals surface area contributed by atoms with E-state index in [1.54, 1.807) is 18.2 Å². The highest BCUT2D eigenvalue weighted by Crippen LogP contribution is 2.12. The number of anilines is 1. The summed E-state index contributed by atoms with van der Waals surface area (Å²) in [5.74, 6) is -0.531. The first kappa shape index (κ1) is 15.0. The van der Waals surface area contributed by atoms with Crippen LogP contribution in [0.15, 0.2) is 18.2 Å². The molecule has 0 fully saturated rings. The maximum Gasteiger partial charge on any atom is 0.251 e. The van der Waals surface area contributed by atoms with Gasteiger partial charge in [-0.25, -0.2) is 0 Å². The van der Waals surface area contributed by atoms with E-state index in [1.165, 1.54) is 0 Å². The summed E-state index contributed by atoms with van der Waals surface area (Å²) in [7, 11) is 0. The van der Waals surface area contributed by atoms with Crippen LogP contribution in [0.2, 0.25) is 0 Å². The minimum atomic E-state index is -0.309. The monoisotopic (exact) mass is 263 g/mol. The van der Waals surface area contributed by atoms with Crippen molar-refractivity contribution in [3.05, 3.63) is 29.3 Å². The van der Waals surface area contributed by atoms with Crippen LogP contribution < -0.4 is 16.4 Å². The lowest BCUT2D eigenvalue weighted by Crippen LogP contribution is -2.45. The Morgan fingerprint density at radius 2 is 1.89 bits per heavy atom. The number of nitrogens with two attached hydrogens (primary N) is 1. The summed E-state index contributed by atoms with van der Waals surface area (Å²) in [5, 5.41) is 5.33. The van der Waals surface area contributed by atoms with Gasteiger partial charge in [0.05, 0.1) is 6.54 Å². The van der Waals surface area contributed by atoms with Crippen LogP contribution in [0, 0.1) is 6.92 Å². The van der Waals surface area contributed by atoms with E-state index in [0.29, 0.717) is 11.3 Å². The Labute approximate surface area is 113 Å². The highest BCUT2D eigenvalue weighted by Gasteiger charge is 2.14. The fraction of sp³-hybridized carbons (Fsp3) is 0.429. The number of nitrogen functional groups attached to an aromatic ring is 1. The van der Waals surface area contributed by atoms with E-state index in [0.717, 1.165) is 5.56 Å². The van der Waals surface area contributed by atoms with E-state index in [-0.39, 0.29) is 23.9 Å². The molecule has 0 aromatic heterocycles. The normalized spacial score (nSPS) is 10.9. The minimum absolute atomic E-state index is 0.0517. The molecule has 0 aliphatic carbocycles. The van der Waals surface area contributed by atoms with Crippen LogP contribution in [0.3, 0.4) is 0 Å². The van der Waals surface area contributed by atoms with Gasteiger partial charge in [0, 0.05) is 16.8 Å². The molecule has 4 N–H and O–H groups in total. The molecule has 0 radical (unpaired) electrons. The summed E-state index contributed by atoms with van der Waals surface area (Å²) in [6.45, 7) is 7.46.